The maximum Gasteiger partial charge on any atom is 0.156 e. The number of aryl methyl sites for hydroxylation is 1. The predicted molar refractivity (Wildman–Crippen MR) is 82.7 cm³/mol. The van der Waals surface area contributed by atoms with Gasteiger partial charge in [-0.15, -0.1) is 10.2 Å². The van der Waals surface area contributed by atoms with Crippen LogP contribution in [-0.4, -0.2) is 22.2 Å². The van der Waals surface area contributed by atoms with E-state index in [1.54, 1.807) is 7.11 Å². The number of hydrogen-bond donors (Lipinski definition) is 0. The van der Waals surface area contributed by atoms with Crippen molar-refractivity contribution in [3.05, 3.63) is 50.8 Å². The van der Waals surface area contributed by atoms with Crippen molar-refractivity contribution >= 4 is 23.2 Å². The number of aromatic nitrogens is 2. The van der Waals surface area contributed by atoms with Crippen molar-refractivity contribution in [2.24, 2.45) is 0 Å². The highest BCUT2D eigenvalue weighted by Crippen LogP contribution is 2.32. The summed E-state index contributed by atoms with van der Waals surface area (Å²) in [5, 5.41) is 8.63. The first kappa shape index (κ1) is 14.6. The van der Waals surface area contributed by atoms with E-state index in [0.29, 0.717) is 10.3 Å². The normalized spacial score (nSPS) is 14.3. The van der Waals surface area contributed by atoms with Crippen molar-refractivity contribution in [1.82, 2.24) is 15.1 Å². The molecular weight excluding hydrogens is 309 g/mol. The minimum atomic E-state index is 0.444. The second-order valence-corrected chi connectivity index (χ2v) is 5.89. The average molecular weight is 324 g/mol. The third-order valence-electron chi connectivity index (χ3n) is 3.80. The summed E-state index contributed by atoms with van der Waals surface area (Å²) in [6.07, 6.45) is 0. The lowest BCUT2D eigenvalue weighted by molar-refractivity contribution is 0.274. The molecule has 1 aromatic carbocycles. The third-order valence-corrected chi connectivity index (χ3v) is 4.41. The maximum absolute atomic E-state index is 6.11. The van der Waals surface area contributed by atoms with Crippen LogP contribution in [0.1, 0.15) is 22.3 Å². The van der Waals surface area contributed by atoms with E-state index in [9.17, 15) is 0 Å². The smallest absolute Gasteiger partial charge is 0.156 e. The molecule has 110 valence electrons. The van der Waals surface area contributed by atoms with Gasteiger partial charge in [-0.1, -0.05) is 29.3 Å². The Labute approximate surface area is 133 Å². The summed E-state index contributed by atoms with van der Waals surface area (Å²) in [5.41, 5.74) is 4.44. The molecule has 0 amide bonds. The van der Waals surface area contributed by atoms with Crippen LogP contribution in [-0.2, 0) is 19.6 Å². The molecular formula is C15H15Cl2N3O. The molecule has 6 heteroatoms. The fourth-order valence-electron chi connectivity index (χ4n) is 2.58. The van der Waals surface area contributed by atoms with E-state index < -0.39 is 0 Å². The van der Waals surface area contributed by atoms with E-state index in [0.717, 1.165) is 36.5 Å². The fraction of sp³-hybridized carbons (Fsp3) is 0.333. The van der Waals surface area contributed by atoms with Gasteiger partial charge in [0.25, 0.3) is 0 Å². The maximum atomic E-state index is 6.11. The second kappa shape index (κ2) is 5.79. The Bertz CT molecular complexity index is 660. The first-order valence-corrected chi connectivity index (χ1v) is 7.39. The highest BCUT2D eigenvalue weighted by atomic mass is 35.5. The van der Waals surface area contributed by atoms with Crippen LogP contribution in [0.3, 0.4) is 0 Å². The van der Waals surface area contributed by atoms with Crippen LogP contribution in [0.4, 0.5) is 0 Å². The van der Waals surface area contributed by atoms with Crippen molar-refractivity contribution in [3.63, 3.8) is 0 Å². The molecule has 1 aliphatic rings. The molecule has 21 heavy (non-hydrogen) atoms. The Balaban J connectivity index is 1.83. The van der Waals surface area contributed by atoms with Crippen LogP contribution in [0, 0.1) is 6.92 Å². The quantitative estimate of drug-likeness (QED) is 0.864. The summed E-state index contributed by atoms with van der Waals surface area (Å²) in [5.74, 6) is 0.867. The molecule has 0 bridgehead atoms. The first-order valence-electron chi connectivity index (χ1n) is 6.63. The van der Waals surface area contributed by atoms with E-state index in [-0.39, 0.29) is 0 Å². The van der Waals surface area contributed by atoms with Crippen molar-refractivity contribution in [2.45, 2.75) is 26.6 Å². The van der Waals surface area contributed by atoms with Crippen LogP contribution < -0.4 is 4.74 Å². The Morgan fingerprint density at radius 1 is 1.14 bits per heavy atom. The zero-order valence-electron chi connectivity index (χ0n) is 11.9. The van der Waals surface area contributed by atoms with Gasteiger partial charge in [-0.2, -0.15) is 0 Å². The van der Waals surface area contributed by atoms with E-state index in [1.807, 2.05) is 6.07 Å². The zero-order chi connectivity index (χ0) is 15.0. The molecule has 2 aromatic rings. The molecule has 4 nitrogen and oxygen atoms in total. The standard InChI is InChI=1S/C15H15Cl2N3O/c1-9-3-4-11(21-2)5-10(9)6-20-7-12-13(8-20)15(17)19-18-14(12)16/h3-5H,6-8H2,1-2H3. The number of methoxy groups -OCH3 is 1. The van der Waals surface area contributed by atoms with Crippen molar-refractivity contribution in [1.29, 1.82) is 0 Å². The minimum absolute atomic E-state index is 0.444. The molecule has 0 aliphatic carbocycles. The van der Waals surface area contributed by atoms with Gasteiger partial charge in [0.2, 0.25) is 0 Å². The molecule has 0 saturated carbocycles. The van der Waals surface area contributed by atoms with Gasteiger partial charge in [0.1, 0.15) is 5.75 Å². The molecule has 1 aromatic heterocycles. The van der Waals surface area contributed by atoms with Crippen LogP contribution in [0.25, 0.3) is 0 Å². The summed E-state index contributed by atoms with van der Waals surface area (Å²) in [4.78, 5) is 2.27. The summed E-state index contributed by atoms with van der Waals surface area (Å²) >= 11 is 12.2. The number of rotatable bonds is 3. The minimum Gasteiger partial charge on any atom is -0.497 e. The zero-order valence-corrected chi connectivity index (χ0v) is 13.4. The van der Waals surface area contributed by atoms with E-state index in [4.69, 9.17) is 27.9 Å². The number of halogens is 2. The molecule has 0 saturated heterocycles. The highest BCUT2D eigenvalue weighted by Gasteiger charge is 2.25. The van der Waals surface area contributed by atoms with E-state index >= 15 is 0 Å². The summed E-state index contributed by atoms with van der Waals surface area (Å²) in [7, 11) is 1.68. The summed E-state index contributed by atoms with van der Waals surface area (Å²) in [6.45, 7) is 4.38. The Morgan fingerprint density at radius 2 is 1.76 bits per heavy atom. The lowest BCUT2D eigenvalue weighted by atomic mass is 10.1. The third kappa shape index (κ3) is 2.84. The Kier molecular flexibility index (Phi) is 4.02. The lowest BCUT2D eigenvalue weighted by Gasteiger charge is -2.17. The lowest BCUT2D eigenvalue weighted by Crippen LogP contribution is -2.16. The molecule has 0 fully saturated rings. The summed E-state index contributed by atoms with van der Waals surface area (Å²) in [6, 6.07) is 6.11. The molecule has 0 spiro atoms. The SMILES string of the molecule is COc1ccc(C)c(CN2Cc3c(Cl)nnc(Cl)c3C2)c1. The second-order valence-electron chi connectivity index (χ2n) is 5.18. The topological polar surface area (TPSA) is 38.2 Å². The number of fused-ring (bicyclic) bond motifs is 1. The fourth-order valence-corrected chi connectivity index (χ4v) is 3.00. The van der Waals surface area contributed by atoms with Crippen LogP contribution in [0.5, 0.6) is 5.75 Å². The molecule has 2 heterocycles. The van der Waals surface area contributed by atoms with E-state index in [2.05, 4.69) is 34.2 Å². The molecule has 0 atom stereocenters. The average Bonchev–Trinajstić information content (AvgIpc) is 2.90. The Hall–Kier alpha value is -1.36. The van der Waals surface area contributed by atoms with Gasteiger partial charge in [0.05, 0.1) is 7.11 Å². The van der Waals surface area contributed by atoms with Crippen LogP contribution in [0.2, 0.25) is 10.3 Å². The van der Waals surface area contributed by atoms with Crippen molar-refractivity contribution in [3.8, 4) is 5.75 Å². The van der Waals surface area contributed by atoms with Gasteiger partial charge in [0.15, 0.2) is 10.3 Å². The first-order chi connectivity index (χ1) is 10.1. The Morgan fingerprint density at radius 3 is 2.33 bits per heavy atom. The van der Waals surface area contributed by atoms with Crippen molar-refractivity contribution < 1.29 is 4.74 Å². The number of hydrogen-bond acceptors (Lipinski definition) is 4. The highest BCUT2D eigenvalue weighted by molar-refractivity contribution is 6.32. The molecule has 0 N–H and O–H groups in total. The van der Waals surface area contributed by atoms with Crippen LogP contribution >= 0.6 is 23.2 Å². The van der Waals surface area contributed by atoms with Gasteiger partial charge in [-0.25, -0.2) is 0 Å². The molecule has 0 radical (unpaired) electrons. The van der Waals surface area contributed by atoms with Gasteiger partial charge in [-0.3, -0.25) is 4.90 Å². The largest absolute Gasteiger partial charge is 0.497 e. The number of nitrogens with zero attached hydrogens (tertiary/aromatic N) is 3. The number of ether oxygens (including phenoxy) is 1. The molecule has 1 aliphatic heterocycles. The molecule has 0 unspecified atom stereocenters. The summed E-state index contributed by atoms with van der Waals surface area (Å²) < 4.78 is 5.29. The van der Waals surface area contributed by atoms with Gasteiger partial charge < -0.3 is 4.74 Å². The van der Waals surface area contributed by atoms with Gasteiger partial charge in [0, 0.05) is 30.8 Å². The monoisotopic (exact) mass is 323 g/mol. The van der Waals surface area contributed by atoms with Crippen LogP contribution in [0.15, 0.2) is 18.2 Å². The number of benzene rings is 1. The van der Waals surface area contributed by atoms with E-state index in [1.165, 1.54) is 11.1 Å². The van der Waals surface area contributed by atoms with Crippen molar-refractivity contribution in [2.75, 3.05) is 7.11 Å². The van der Waals surface area contributed by atoms with Gasteiger partial charge in [-0.05, 0) is 30.2 Å². The molecule has 3 rings (SSSR count). The van der Waals surface area contributed by atoms with Gasteiger partial charge >= 0.3 is 0 Å². The predicted octanol–water partition coefficient (Wildman–Crippen LogP) is 3.62.